The first kappa shape index (κ1) is 13.5. The SMILES string of the molecule is Oc1ccccc1CNCc1c(O)ccc2ccccc12. The van der Waals surface area contributed by atoms with Crippen molar-refractivity contribution >= 4 is 10.8 Å². The fraction of sp³-hybridized carbons (Fsp3) is 0.111. The number of para-hydroxylation sites is 1. The lowest BCUT2D eigenvalue weighted by molar-refractivity contribution is 0.459. The summed E-state index contributed by atoms with van der Waals surface area (Å²) in [5.41, 5.74) is 1.72. The minimum atomic E-state index is 0.284. The molecule has 0 aliphatic heterocycles. The molecule has 0 amide bonds. The van der Waals surface area contributed by atoms with E-state index in [4.69, 9.17) is 0 Å². The number of hydrogen-bond acceptors (Lipinski definition) is 3. The third kappa shape index (κ3) is 2.83. The molecule has 3 rings (SSSR count). The van der Waals surface area contributed by atoms with E-state index >= 15 is 0 Å². The Bertz CT molecular complexity index is 768. The van der Waals surface area contributed by atoms with Gasteiger partial charge in [0.25, 0.3) is 0 Å². The zero-order valence-corrected chi connectivity index (χ0v) is 11.6. The van der Waals surface area contributed by atoms with E-state index in [-0.39, 0.29) is 5.75 Å². The molecule has 0 spiro atoms. The molecule has 0 aromatic heterocycles. The lowest BCUT2D eigenvalue weighted by atomic mass is 10.0. The molecular weight excluding hydrogens is 262 g/mol. The summed E-state index contributed by atoms with van der Waals surface area (Å²) in [6, 6.07) is 18.9. The predicted octanol–water partition coefficient (Wildman–Crippen LogP) is 3.54. The van der Waals surface area contributed by atoms with Crippen molar-refractivity contribution in [3.05, 3.63) is 71.8 Å². The predicted molar refractivity (Wildman–Crippen MR) is 84.3 cm³/mol. The molecule has 0 fully saturated rings. The molecule has 3 N–H and O–H groups in total. The number of benzene rings is 3. The molecule has 3 heteroatoms. The van der Waals surface area contributed by atoms with Gasteiger partial charge in [0.1, 0.15) is 11.5 Å². The number of nitrogens with one attached hydrogen (secondary N) is 1. The fourth-order valence-corrected chi connectivity index (χ4v) is 2.49. The van der Waals surface area contributed by atoms with Gasteiger partial charge in [0.2, 0.25) is 0 Å². The number of hydrogen-bond donors (Lipinski definition) is 3. The maximum atomic E-state index is 10.1. The average Bonchev–Trinajstić information content (AvgIpc) is 2.51. The van der Waals surface area contributed by atoms with Crippen LogP contribution in [0.5, 0.6) is 11.5 Å². The second-order valence-electron chi connectivity index (χ2n) is 5.02. The molecule has 3 aromatic carbocycles. The first-order chi connectivity index (χ1) is 10.3. The van der Waals surface area contributed by atoms with Gasteiger partial charge in [0.15, 0.2) is 0 Å². The van der Waals surface area contributed by atoms with Crippen molar-refractivity contribution in [1.82, 2.24) is 5.32 Å². The van der Waals surface area contributed by atoms with Gasteiger partial charge in [-0.2, -0.15) is 0 Å². The maximum absolute atomic E-state index is 10.1. The lowest BCUT2D eigenvalue weighted by Crippen LogP contribution is -2.13. The van der Waals surface area contributed by atoms with E-state index in [1.807, 2.05) is 42.5 Å². The molecule has 0 bridgehead atoms. The molecule has 3 aromatic rings. The highest BCUT2D eigenvalue weighted by Gasteiger charge is 2.07. The largest absolute Gasteiger partial charge is 0.508 e. The lowest BCUT2D eigenvalue weighted by Gasteiger charge is -2.11. The number of phenolic OH excluding ortho intramolecular Hbond substituents is 2. The van der Waals surface area contributed by atoms with Gasteiger partial charge < -0.3 is 15.5 Å². The summed E-state index contributed by atoms with van der Waals surface area (Å²) in [4.78, 5) is 0. The van der Waals surface area contributed by atoms with Crippen molar-refractivity contribution in [3.63, 3.8) is 0 Å². The number of fused-ring (bicyclic) bond motifs is 1. The molecule has 106 valence electrons. The summed E-state index contributed by atoms with van der Waals surface area (Å²) < 4.78 is 0. The Labute approximate surface area is 123 Å². The third-order valence-corrected chi connectivity index (χ3v) is 3.62. The Morgan fingerprint density at radius 3 is 2.33 bits per heavy atom. The van der Waals surface area contributed by atoms with Crippen LogP contribution in [0, 0.1) is 0 Å². The standard InChI is InChI=1S/C18H17NO2/c20-17-8-4-2-6-14(17)11-19-12-16-15-7-3-1-5-13(15)9-10-18(16)21/h1-10,19-21H,11-12H2. The van der Waals surface area contributed by atoms with E-state index < -0.39 is 0 Å². The Morgan fingerprint density at radius 1 is 0.714 bits per heavy atom. The molecule has 0 saturated carbocycles. The van der Waals surface area contributed by atoms with Crippen LogP contribution in [0.15, 0.2) is 60.7 Å². The molecule has 0 saturated heterocycles. The number of aromatic hydroxyl groups is 2. The van der Waals surface area contributed by atoms with E-state index in [1.165, 1.54) is 0 Å². The molecule has 3 nitrogen and oxygen atoms in total. The van der Waals surface area contributed by atoms with Crippen molar-refractivity contribution in [3.8, 4) is 11.5 Å². The van der Waals surface area contributed by atoms with Gasteiger partial charge in [0.05, 0.1) is 0 Å². The van der Waals surface area contributed by atoms with Crippen LogP contribution in [0.3, 0.4) is 0 Å². The third-order valence-electron chi connectivity index (χ3n) is 3.62. The molecule has 0 aliphatic carbocycles. The topological polar surface area (TPSA) is 52.5 Å². The highest BCUT2D eigenvalue weighted by molar-refractivity contribution is 5.87. The van der Waals surface area contributed by atoms with Crippen LogP contribution >= 0.6 is 0 Å². The second kappa shape index (κ2) is 5.85. The van der Waals surface area contributed by atoms with E-state index in [0.717, 1.165) is 21.9 Å². The molecule has 0 unspecified atom stereocenters. The average molecular weight is 279 g/mol. The van der Waals surface area contributed by atoms with Gasteiger partial charge in [-0.15, -0.1) is 0 Å². The van der Waals surface area contributed by atoms with Crippen LogP contribution in [0.2, 0.25) is 0 Å². The van der Waals surface area contributed by atoms with Crippen molar-refractivity contribution in [2.45, 2.75) is 13.1 Å². The first-order valence-corrected chi connectivity index (χ1v) is 6.93. The minimum Gasteiger partial charge on any atom is -0.508 e. The Kier molecular flexibility index (Phi) is 3.75. The molecule has 0 heterocycles. The van der Waals surface area contributed by atoms with E-state index in [9.17, 15) is 10.2 Å². The van der Waals surface area contributed by atoms with E-state index in [1.54, 1.807) is 18.2 Å². The van der Waals surface area contributed by atoms with Gasteiger partial charge in [-0.3, -0.25) is 0 Å². The van der Waals surface area contributed by atoms with Gasteiger partial charge in [0, 0.05) is 24.2 Å². The zero-order valence-electron chi connectivity index (χ0n) is 11.6. The number of rotatable bonds is 4. The van der Waals surface area contributed by atoms with Crippen molar-refractivity contribution < 1.29 is 10.2 Å². The summed E-state index contributed by atoms with van der Waals surface area (Å²) in [5, 5.41) is 25.2. The first-order valence-electron chi connectivity index (χ1n) is 6.93. The Hall–Kier alpha value is -2.52. The monoisotopic (exact) mass is 279 g/mol. The van der Waals surface area contributed by atoms with Crippen LogP contribution in [0.25, 0.3) is 10.8 Å². The summed E-state index contributed by atoms with van der Waals surface area (Å²) >= 11 is 0. The molecule has 0 atom stereocenters. The quantitative estimate of drug-likeness (QED) is 0.684. The second-order valence-corrected chi connectivity index (χ2v) is 5.02. The van der Waals surface area contributed by atoms with Crippen LogP contribution in [0.4, 0.5) is 0 Å². The van der Waals surface area contributed by atoms with Gasteiger partial charge >= 0.3 is 0 Å². The van der Waals surface area contributed by atoms with Gasteiger partial charge in [-0.05, 0) is 22.9 Å². The van der Waals surface area contributed by atoms with Crippen LogP contribution in [-0.4, -0.2) is 10.2 Å². The molecule has 0 radical (unpaired) electrons. The Morgan fingerprint density at radius 2 is 1.48 bits per heavy atom. The van der Waals surface area contributed by atoms with Gasteiger partial charge in [-0.25, -0.2) is 0 Å². The Balaban J connectivity index is 1.79. The highest BCUT2D eigenvalue weighted by Crippen LogP contribution is 2.27. The minimum absolute atomic E-state index is 0.284. The summed E-state index contributed by atoms with van der Waals surface area (Å²) in [7, 11) is 0. The van der Waals surface area contributed by atoms with Gasteiger partial charge in [-0.1, -0.05) is 48.5 Å². The van der Waals surface area contributed by atoms with E-state index in [2.05, 4.69) is 5.32 Å². The smallest absolute Gasteiger partial charge is 0.120 e. The summed E-state index contributed by atoms with van der Waals surface area (Å²) in [5.74, 6) is 0.575. The van der Waals surface area contributed by atoms with Crippen LogP contribution < -0.4 is 5.32 Å². The van der Waals surface area contributed by atoms with Crippen LogP contribution in [-0.2, 0) is 13.1 Å². The molecule has 21 heavy (non-hydrogen) atoms. The van der Waals surface area contributed by atoms with E-state index in [0.29, 0.717) is 18.8 Å². The summed E-state index contributed by atoms with van der Waals surface area (Å²) in [6.07, 6.45) is 0. The van der Waals surface area contributed by atoms with Crippen LogP contribution in [0.1, 0.15) is 11.1 Å². The van der Waals surface area contributed by atoms with Crippen molar-refractivity contribution in [2.75, 3.05) is 0 Å². The summed E-state index contributed by atoms with van der Waals surface area (Å²) in [6.45, 7) is 1.09. The van der Waals surface area contributed by atoms with Crippen molar-refractivity contribution in [2.24, 2.45) is 0 Å². The normalized spacial score (nSPS) is 10.9. The highest BCUT2D eigenvalue weighted by atomic mass is 16.3. The van der Waals surface area contributed by atoms with Crippen molar-refractivity contribution in [1.29, 1.82) is 0 Å². The number of phenols is 2. The maximum Gasteiger partial charge on any atom is 0.120 e. The molecule has 0 aliphatic rings. The zero-order chi connectivity index (χ0) is 14.7. The fourth-order valence-electron chi connectivity index (χ4n) is 2.49. The molecular formula is C18H17NO2.